The van der Waals surface area contributed by atoms with Crippen LogP contribution in [0.3, 0.4) is 0 Å². The fourth-order valence-electron chi connectivity index (χ4n) is 7.26. The summed E-state index contributed by atoms with van der Waals surface area (Å²) in [6, 6.07) is 47.9. The molecule has 8 heteroatoms. The number of ketones is 1. The van der Waals surface area contributed by atoms with Crippen molar-refractivity contribution in [1.29, 1.82) is 0 Å². The highest BCUT2D eigenvalue weighted by atomic mass is 16.6. The van der Waals surface area contributed by atoms with Gasteiger partial charge in [0.1, 0.15) is 29.3 Å². The van der Waals surface area contributed by atoms with Crippen molar-refractivity contribution in [2.24, 2.45) is 0 Å². The lowest BCUT2D eigenvalue weighted by Crippen LogP contribution is -2.45. The zero-order valence-electron chi connectivity index (χ0n) is 33.0. The molecule has 290 valence electrons. The molecule has 1 unspecified atom stereocenters. The Labute approximate surface area is 337 Å². The number of carbonyl (C=O) groups excluding carboxylic acids is 2. The van der Waals surface area contributed by atoms with Gasteiger partial charge in [-0.1, -0.05) is 104 Å². The number of benzene rings is 6. The second kappa shape index (κ2) is 16.1. The monoisotopic (exact) mass is 768 g/mol. The summed E-state index contributed by atoms with van der Waals surface area (Å²) < 4.78 is 23.7. The van der Waals surface area contributed by atoms with Gasteiger partial charge in [-0.25, -0.2) is 14.8 Å². The van der Waals surface area contributed by atoms with E-state index in [2.05, 4.69) is 24.3 Å². The largest absolute Gasteiger partial charge is 0.486 e. The van der Waals surface area contributed by atoms with E-state index in [0.29, 0.717) is 17.9 Å². The van der Waals surface area contributed by atoms with Crippen LogP contribution >= 0.6 is 0 Å². The number of carbonyl (C=O) groups is 2. The molecule has 0 fully saturated rings. The number of fused-ring (bicyclic) bond motifs is 4. The maximum Gasteiger partial charge on any atom is 0.344 e. The molecular formula is C50H44N2O6. The minimum Gasteiger partial charge on any atom is -0.486 e. The lowest BCUT2D eigenvalue weighted by atomic mass is 9.96. The van der Waals surface area contributed by atoms with Gasteiger partial charge in [0.2, 0.25) is 5.78 Å². The van der Waals surface area contributed by atoms with Crippen LogP contribution in [0.15, 0.2) is 146 Å². The van der Waals surface area contributed by atoms with Crippen molar-refractivity contribution in [3.8, 4) is 33.8 Å². The Kier molecular flexibility index (Phi) is 10.6. The number of esters is 1. The SMILES string of the molecule is CCC(C)(OCC(C)(C)OC(=O)COc1ccc(-c2c3ccccc3nc3ccccc23)cc1)C(=O)COc1ccc(-c2c3ccccc3nc3ccccc23)cc1. The predicted octanol–water partition coefficient (Wildman–Crippen LogP) is 11.0. The summed E-state index contributed by atoms with van der Waals surface area (Å²) in [5.41, 5.74) is 5.77. The molecule has 0 aliphatic heterocycles. The Morgan fingerprint density at radius 3 is 1.29 bits per heavy atom. The van der Waals surface area contributed by atoms with E-state index < -0.39 is 17.2 Å². The number of ether oxygens (including phenoxy) is 4. The van der Waals surface area contributed by atoms with Crippen LogP contribution in [0.4, 0.5) is 0 Å². The van der Waals surface area contributed by atoms with E-state index >= 15 is 0 Å². The number of Topliss-reactive ketones (excluding diaryl/α,β-unsaturated/α-hetero) is 1. The van der Waals surface area contributed by atoms with Gasteiger partial charge < -0.3 is 18.9 Å². The molecule has 0 saturated carbocycles. The van der Waals surface area contributed by atoms with E-state index in [1.165, 1.54) is 0 Å². The van der Waals surface area contributed by atoms with E-state index in [1.807, 2.05) is 128 Å². The Morgan fingerprint density at radius 1 is 0.517 bits per heavy atom. The first-order chi connectivity index (χ1) is 28.1. The maximum atomic E-state index is 13.5. The smallest absolute Gasteiger partial charge is 0.344 e. The minimum absolute atomic E-state index is 0.0000941. The molecule has 0 N–H and O–H groups in total. The Bertz CT molecular complexity index is 2670. The number of pyridine rings is 2. The van der Waals surface area contributed by atoms with Gasteiger partial charge in [-0.15, -0.1) is 0 Å². The van der Waals surface area contributed by atoms with Crippen molar-refractivity contribution < 1.29 is 28.5 Å². The summed E-state index contributed by atoms with van der Waals surface area (Å²) >= 11 is 0. The lowest BCUT2D eigenvalue weighted by Gasteiger charge is -2.32. The standard InChI is InChI=1S/C50H44N2O6/c1-5-50(4,45(53)30-55-35-26-22-33(23-27-35)47-37-14-6-10-18-41(37)51-42-19-11-7-15-38(42)47)57-32-49(2,3)58-46(54)31-56-36-28-24-34(25-29-36)48-39-16-8-12-20-43(39)52-44-21-13-9-17-40(44)48/h6-29H,5,30-32H2,1-4H3. The molecule has 2 heterocycles. The van der Waals surface area contributed by atoms with Crippen LogP contribution in [0.1, 0.15) is 34.1 Å². The van der Waals surface area contributed by atoms with Crippen LogP contribution < -0.4 is 9.47 Å². The molecule has 0 amide bonds. The van der Waals surface area contributed by atoms with Crippen LogP contribution in [0.5, 0.6) is 11.5 Å². The highest BCUT2D eigenvalue weighted by Crippen LogP contribution is 2.37. The van der Waals surface area contributed by atoms with Gasteiger partial charge in [0, 0.05) is 32.7 Å². The molecule has 0 spiro atoms. The Hall–Kier alpha value is -6.64. The van der Waals surface area contributed by atoms with Gasteiger partial charge in [0.15, 0.2) is 6.61 Å². The zero-order chi connectivity index (χ0) is 40.3. The third-order valence-electron chi connectivity index (χ3n) is 10.6. The minimum atomic E-state index is -1.15. The van der Waals surface area contributed by atoms with Gasteiger partial charge in [-0.2, -0.15) is 0 Å². The normalized spacial score (nSPS) is 12.8. The van der Waals surface area contributed by atoms with Crippen LogP contribution in [-0.4, -0.2) is 52.7 Å². The molecule has 0 saturated heterocycles. The van der Waals surface area contributed by atoms with E-state index in [1.54, 1.807) is 20.8 Å². The van der Waals surface area contributed by atoms with E-state index in [4.69, 9.17) is 28.9 Å². The summed E-state index contributed by atoms with van der Waals surface area (Å²) in [6.45, 7) is 6.66. The summed E-state index contributed by atoms with van der Waals surface area (Å²) in [6.07, 6.45) is 0.407. The average molecular weight is 769 g/mol. The van der Waals surface area contributed by atoms with Crippen molar-refractivity contribution in [1.82, 2.24) is 9.97 Å². The fourth-order valence-corrected chi connectivity index (χ4v) is 7.26. The fraction of sp³-hybridized carbons (Fsp3) is 0.200. The van der Waals surface area contributed by atoms with Gasteiger partial charge in [0.05, 0.1) is 28.7 Å². The van der Waals surface area contributed by atoms with Crippen LogP contribution in [0, 0.1) is 0 Å². The second-order valence-electron chi connectivity index (χ2n) is 15.2. The third-order valence-corrected chi connectivity index (χ3v) is 10.6. The van der Waals surface area contributed by atoms with E-state index in [0.717, 1.165) is 65.9 Å². The quantitative estimate of drug-likeness (QED) is 0.0797. The molecule has 6 aromatic carbocycles. The summed E-state index contributed by atoms with van der Waals surface area (Å²) in [7, 11) is 0. The number of rotatable bonds is 14. The molecular weight excluding hydrogens is 725 g/mol. The van der Waals surface area contributed by atoms with Crippen LogP contribution in [0.25, 0.3) is 65.9 Å². The number of aromatic nitrogens is 2. The van der Waals surface area contributed by atoms with Crippen molar-refractivity contribution in [3.63, 3.8) is 0 Å². The van der Waals surface area contributed by atoms with E-state index in [9.17, 15) is 9.59 Å². The number of para-hydroxylation sites is 4. The third kappa shape index (κ3) is 7.97. The van der Waals surface area contributed by atoms with Crippen molar-refractivity contribution in [2.45, 2.75) is 45.3 Å². The molecule has 0 bridgehead atoms. The molecule has 8 rings (SSSR count). The van der Waals surface area contributed by atoms with Gasteiger partial charge in [-0.3, -0.25) is 4.79 Å². The number of hydrogen-bond acceptors (Lipinski definition) is 8. The lowest BCUT2D eigenvalue weighted by molar-refractivity contribution is -0.174. The maximum absolute atomic E-state index is 13.5. The second-order valence-corrected chi connectivity index (χ2v) is 15.2. The Morgan fingerprint density at radius 2 is 0.897 bits per heavy atom. The summed E-state index contributed by atoms with van der Waals surface area (Å²) in [5, 5.41) is 4.26. The molecule has 2 aromatic heterocycles. The van der Waals surface area contributed by atoms with Gasteiger partial charge in [0.25, 0.3) is 0 Å². The Balaban J connectivity index is 0.853. The zero-order valence-corrected chi connectivity index (χ0v) is 33.0. The van der Waals surface area contributed by atoms with Gasteiger partial charge >= 0.3 is 5.97 Å². The average Bonchev–Trinajstić information content (AvgIpc) is 3.25. The summed E-state index contributed by atoms with van der Waals surface area (Å²) in [5.74, 6) is 0.344. The first-order valence-electron chi connectivity index (χ1n) is 19.5. The molecule has 1 atom stereocenters. The molecule has 0 aliphatic carbocycles. The van der Waals surface area contributed by atoms with Crippen LogP contribution in [0.2, 0.25) is 0 Å². The number of nitrogens with zero attached hydrogens (tertiary/aromatic N) is 2. The first-order valence-corrected chi connectivity index (χ1v) is 19.5. The predicted molar refractivity (Wildman–Crippen MR) is 230 cm³/mol. The number of hydrogen-bond donors (Lipinski definition) is 0. The topological polar surface area (TPSA) is 96.8 Å². The van der Waals surface area contributed by atoms with Gasteiger partial charge in [-0.05, 0) is 86.8 Å². The van der Waals surface area contributed by atoms with Crippen molar-refractivity contribution >= 4 is 55.4 Å². The highest BCUT2D eigenvalue weighted by Gasteiger charge is 2.36. The van der Waals surface area contributed by atoms with E-state index in [-0.39, 0.29) is 25.6 Å². The molecule has 0 aliphatic rings. The van der Waals surface area contributed by atoms with Crippen molar-refractivity contribution in [2.75, 3.05) is 19.8 Å². The van der Waals surface area contributed by atoms with Crippen LogP contribution in [-0.2, 0) is 19.1 Å². The highest BCUT2D eigenvalue weighted by molar-refractivity contribution is 6.10. The summed E-state index contributed by atoms with van der Waals surface area (Å²) in [4.78, 5) is 36.1. The molecule has 0 radical (unpaired) electrons. The van der Waals surface area contributed by atoms with Crippen molar-refractivity contribution in [3.05, 3.63) is 146 Å². The molecule has 58 heavy (non-hydrogen) atoms. The molecule has 8 aromatic rings. The molecule has 8 nitrogen and oxygen atoms in total. The first kappa shape index (κ1) is 38.2.